The lowest BCUT2D eigenvalue weighted by atomic mass is 9.97. The molecule has 0 radical (unpaired) electrons. The standard InChI is InChI=1S/C26H29F3N3O9P/c1-14(2)39-23(35)15(3)31-42(37,41-18-9-8-16-6-4-5-7-17(16)12-18)38-13-26(24(28)29)21(34)20(27)22(40-26)32-11-10-19(33)30-25(32)36/h4-12,14-15,20-22,24,34H,13H2,1-3H3,(H,31,37)(H,30,33,36)/t15-,20+,21+,22+,26+,42-/m0/s1. The maximum absolute atomic E-state index is 15.2. The Morgan fingerprint density at radius 1 is 1.17 bits per heavy atom. The minimum absolute atomic E-state index is 0.0333. The number of benzene rings is 2. The fourth-order valence-corrected chi connectivity index (χ4v) is 5.77. The summed E-state index contributed by atoms with van der Waals surface area (Å²) in [6.45, 7) is 3.01. The third kappa shape index (κ3) is 6.60. The van der Waals surface area contributed by atoms with E-state index in [1.54, 1.807) is 44.2 Å². The molecule has 1 aliphatic rings. The SMILES string of the molecule is CC(C)OC(=O)[C@H](C)N[P@](=O)(OC[C@@]1(C(F)F)O[C@@H](n2ccc(=O)[nH]c2=O)[C@H](F)[C@H]1O)Oc1ccc2ccccc2c1. The Morgan fingerprint density at radius 2 is 1.86 bits per heavy atom. The minimum atomic E-state index is -4.78. The third-order valence-electron chi connectivity index (χ3n) is 6.37. The first-order valence-electron chi connectivity index (χ1n) is 12.8. The van der Waals surface area contributed by atoms with E-state index in [1.165, 1.54) is 19.1 Å². The van der Waals surface area contributed by atoms with Crippen LogP contribution in [-0.2, 0) is 23.4 Å². The smallest absolute Gasteiger partial charge is 0.459 e. The molecular weight excluding hydrogens is 586 g/mol. The maximum atomic E-state index is 15.2. The Bertz CT molecular complexity index is 1600. The molecular formula is C26H29F3N3O9P. The number of esters is 1. The van der Waals surface area contributed by atoms with Crippen LogP contribution >= 0.6 is 7.75 Å². The molecule has 6 atom stereocenters. The van der Waals surface area contributed by atoms with Gasteiger partial charge in [-0.25, -0.2) is 22.5 Å². The molecule has 3 N–H and O–H groups in total. The van der Waals surface area contributed by atoms with Crippen LogP contribution in [0, 0.1) is 0 Å². The van der Waals surface area contributed by atoms with Crippen molar-refractivity contribution in [1.82, 2.24) is 14.6 Å². The highest BCUT2D eigenvalue weighted by Gasteiger charge is 2.62. The van der Waals surface area contributed by atoms with Gasteiger partial charge in [0.05, 0.1) is 12.7 Å². The average Bonchev–Trinajstić information content (AvgIpc) is 3.17. The number of aromatic nitrogens is 2. The van der Waals surface area contributed by atoms with Gasteiger partial charge in [-0.05, 0) is 43.7 Å². The predicted molar refractivity (Wildman–Crippen MR) is 143 cm³/mol. The third-order valence-corrected chi connectivity index (χ3v) is 8.00. The molecule has 1 saturated heterocycles. The molecule has 0 spiro atoms. The second-order valence-corrected chi connectivity index (χ2v) is 11.6. The first-order chi connectivity index (χ1) is 19.7. The first kappa shape index (κ1) is 31.4. The molecule has 228 valence electrons. The Morgan fingerprint density at radius 3 is 2.50 bits per heavy atom. The van der Waals surface area contributed by atoms with Crippen molar-refractivity contribution >= 4 is 24.5 Å². The monoisotopic (exact) mass is 615 g/mol. The van der Waals surface area contributed by atoms with Crippen molar-refractivity contribution in [3.63, 3.8) is 0 Å². The lowest BCUT2D eigenvalue weighted by Gasteiger charge is -2.32. The number of aliphatic hydroxyl groups is 1. The zero-order valence-corrected chi connectivity index (χ0v) is 23.5. The number of hydrogen-bond donors (Lipinski definition) is 3. The van der Waals surface area contributed by atoms with E-state index in [-0.39, 0.29) is 5.75 Å². The summed E-state index contributed by atoms with van der Waals surface area (Å²) in [7, 11) is -4.78. The van der Waals surface area contributed by atoms with E-state index < -0.39 is 74.2 Å². The van der Waals surface area contributed by atoms with E-state index in [9.17, 15) is 32.8 Å². The van der Waals surface area contributed by atoms with Gasteiger partial charge >= 0.3 is 19.4 Å². The van der Waals surface area contributed by atoms with Crippen LogP contribution in [0.4, 0.5) is 13.2 Å². The Balaban J connectivity index is 1.65. The molecule has 4 rings (SSSR count). The maximum Gasteiger partial charge on any atom is 0.459 e. The summed E-state index contributed by atoms with van der Waals surface area (Å²) < 4.78 is 79.7. The van der Waals surface area contributed by atoms with Gasteiger partial charge in [0.25, 0.3) is 12.0 Å². The van der Waals surface area contributed by atoms with Crippen LogP contribution in [0.15, 0.2) is 64.3 Å². The molecule has 0 amide bonds. The second-order valence-electron chi connectivity index (χ2n) is 9.88. The number of aromatic amines is 1. The molecule has 12 nitrogen and oxygen atoms in total. The van der Waals surface area contributed by atoms with E-state index in [0.29, 0.717) is 9.95 Å². The largest absolute Gasteiger partial charge is 0.462 e. The van der Waals surface area contributed by atoms with Crippen LogP contribution in [0.25, 0.3) is 10.8 Å². The summed E-state index contributed by atoms with van der Waals surface area (Å²) in [6, 6.07) is 11.1. The fourth-order valence-electron chi connectivity index (χ4n) is 4.25. The van der Waals surface area contributed by atoms with E-state index >= 15 is 4.39 Å². The number of rotatable bonds is 11. The number of H-pyrrole nitrogens is 1. The Kier molecular flexibility index (Phi) is 9.28. The lowest BCUT2D eigenvalue weighted by molar-refractivity contribution is -0.192. The van der Waals surface area contributed by atoms with Crippen LogP contribution in [-0.4, -0.2) is 63.7 Å². The number of halogens is 3. The van der Waals surface area contributed by atoms with Crippen molar-refractivity contribution in [1.29, 1.82) is 0 Å². The Hall–Kier alpha value is -3.49. The molecule has 0 aliphatic carbocycles. The van der Waals surface area contributed by atoms with E-state index in [2.05, 4.69) is 5.09 Å². The minimum Gasteiger partial charge on any atom is -0.462 e. The van der Waals surface area contributed by atoms with Crippen LogP contribution in [0.5, 0.6) is 5.75 Å². The Labute approximate surface area is 236 Å². The highest BCUT2D eigenvalue weighted by atomic mass is 31.2. The molecule has 0 bridgehead atoms. The van der Waals surface area contributed by atoms with E-state index in [4.69, 9.17) is 18.5 Å². The molecule has 3 aromatic rings. The zero-order chi connectivity index (χ0) is 30.8. The zero-order valence-electron chi connectivity index (χ0n) is 22.6. The molecule has 2 heterocycles. The van der Waals surface area contributed by atoms with Crippen molar-refractivity contribution in [2.45, 2.75) is 63.4 Å². The van der Waals surface area contributed by atoms with Gasteiger partial charge in [-0.15, -0.1) is 0 Å². The topological polar surface area (TPSA) is 158 Å². The first-order valence-corrected chi connectivity index (χ1v) is 14.3. The van der Waals surface area contributed by atoms with Crippen LogP contribution < -0.4 is 20.9 Å². The lowest BCUT2D eigenvalue weighted by Crippen LogP contribution is -2.52. The number of carbonyl (C=O) groups is 1. The highest BCUT2D eigenvalue weighted by Crippen LogP contribution is 2.49. The fraction of sp³-hybridized carbons (Fsp3) is 0.423. The summed E-state index contributed by atoms with van der Waals surface area (Å²) >= 11 is 0. The molecule has 1 fully saturated rings. The molecule has 0 saturated carbocycles. The van der Waals surface area contributed by atoms with E-state index in [1.807, 2.05) is 4.98 Å². The van der Waals surface area contributed by atoms with Crippen molar-refractivity contribution in [3.8, 4) is 5.75 Å². The average molecular weight is 615 g/mol. The number of ether oxygens (including phenoxy) is 2. The number of hydrogen-bond acceptors (Lipinski definition) is 9. The molecule has 2 aromatic carbocycles. The predicted octanol–water partition coefficient (Wildman–Crippen LogP) is 3.05. The second kappa shape index (κ2) is 12.4. The number of nitrogens with one attached hydrogen (secondary N) is 2. The summed E-state index contributed by atoms with van der Waals surface area (Å²) in [5, 5.41) is 14.4. The summed E-state index contributed by atoms with van der Waals surface area (Å²) in [5.41, 5.74) is -5.17. The number of aliphatic hydroxyl groups excluding tert-OH is 1. The van der Waals surface area contributed by atoms with Crippen molar-refractivity contribution in [3.05, 3.63) is 75.6 Å². The number of alkyl halides is 3. The van der Waals surface area contributed by atoms with Crippen molar-refractivity contribution in [2.75, 3.05) is 6.61 Å². The van der Waals surface area contributed by atoms with Crippen LogP contribution in [0.3, 0.4) is 0 Å². The quantitative estimate of drug-likeness (QED) is 0.216. The molecule has 42 heavy (non-hydrogen) atoms. The molecule has 16 heteroatoms. The number of fused-ring (bicyclic) bond motifs is 1. The molecule has 0 unspecified atom stereocenters. The van der Waals surface area contributed by atoms with E-state index in [0.717, 1.165) is 17.6 Å². The van der Waals surface area contributed by atoms with Crippen molar-refractivity contribution < 1.29 is 46.2 Å². The normalized spacial score (nSPS) is 24.5. The summed E-state index contributed by atoms with van der Waals surface area (Å²) in [4.78, 5) is 37.8. The van der Waals surface area contributed by atoms with Gasteiger partial charge < -0.3 is 19.1 Å². The summed E-state index contributed by atoms with van der Waals surface area (Å²) in [6.07, 6.45) is -10.6. The number of nitrogens with zero attached hydrogens (tertiary/aromatic N) is 1. The number of carbonyl (C=O) groups excluding carboxylic acids is 1. The van der Waals surface area contributed by atoms with Crippen LogP contribution in [0.1, 0.15) is 27.0 Å². The summed E-state index contributed by atoms with van der Waals surface area (Å²) in [5.74, 6) is -0.896. The van der Waals surface area contributed by atoms with Gasteiger partial charge in [0.1, 0.15) is 17.9 Å². The van der Waals surface area contributed by atoms with Crippen molar-refractivity contribution in [2.24, 2.45) is 0 Å². The highest BCUT2D eigenvalue weighted by molar-refractivity contribution is 7.52. The van der Waals surface area contributed by atoms with Gasteiger partial charge in [0, 0.05) is 12.3 Å². The molecule has 1 aliphatic heterocycles. The van der Waals surface area contributed by atoms with Gasteiger partial charge in [-0.2, -0.15) is 5.09 Å². The van der Waals surface area contributed by atoms with Gasteiger partial charge in [-0.3, -0.25) is 23.7 Å². The van der Waals surface area contributed by atoms with Gasteiger partial charge in [0.2, 0.25) is 0 Å². The van der Waals surface area contributed by atoms with Gasteiger partial charge in [-0.1, -0.05) is 30.3 Å². The van der Waals surface area contributed by atoms with Gasteiger partial charge in [0.15, 0.2) is 18.0 Å². The molecule has 1 aromatic heterocycles. The van der Waals surface area contributed by atoms with Crippen LogP contribution in [0.2, 0.25) is 0 Å².